The number of carboxylic acid groups (broad SMARTS) is 1. The second-order valence-electron chi connectivity index (χ2n) is 12.0. The van der Waals surface area contributed by atoms with E-state index in [0.29, 0.717) is 17.8 Å². The van der Waals surface area contributed by atoms with Crippen molar-refractivity contribution in [3.63, 3.8) is 0 Å². The van der Waals surface area contributed by atoms with Gasteiger partial charge < -0.3 is 21.7 Å². The molecule has 0 aliphatic carbocycles. The van der Waals surface area contributed by atoms with E-state index in [1.54, 1.807) is 38.1 Å². The number of aliphatic hydroxyl groups is 1. The van der Waals surface area contributed by atoms with Crippen LogP contribution in [0.4, 0.5) is 11.4 Å². The van der Waals surface area contributed by atoms with Crippen molar-refractivity contribution in [2.75, 3.05) is 11.5 Å². The number of carboxylic acids is 1. The molecule has 2 aromatic carbocycles. The van der Waals surface area contributed by atoms with Crippen LogP contribution in [0, 0.1) is 11.3 Å². The number of benzene rings is 2. The number of nitrogen functional groups attached to an aromatic ring is 2. The van der Waals surface area contributed by atoms with Gasteiger partial charge in [0.25, 0.3) is 0 Å². The first-order valence-electron chi connectivity index (χ1n) is 15.8. The molecule has 0 heterocycles. The molecule has 0 saturated carbocycles. The Balaban J connectivity index is 0.00000284. The van der Waals surface area contributed by atoms with Crippen LogP contribution < -0.4 is 11.5 Å². The molecule has 0 aromatic heterocycles. The Bertz CT molecular complexity index is 1030. The molecule has 8 nitrogen and oxygen atoms in total. The van der Waals surface area contributed by atoms with Crippen molar-refractivity contribution in [3.05, 3.63) is 59.7 Å². The van der Waals surface area contributed by atoms with E-state index in [0.717, 1.165) is 52.0 Å². The van der Waals surface area contributed by atoms with Gasteiger partial charge in [-0.05, 0) is 74.7 Å². The molecule has 0 unspecified atom stereocenters. The predicted molar refractivity (Wildman–Crippen MR) is 173 cm³/mol. The second kappa shape index (κ2) is 23.7. The van der Waals surface area contributed by atoms with Crippen LogP contribution >= 0.6 is 0 Å². The SMILES string of the molecule is CC(C)CCCCCCCCCCCCCC(C(=O)O)(C(=O)c1ccc(N)cc1)C(=O)c1ccc(N)cc1.CC(C)O.[O]=[Ti]. The standard InChI is InChI=1S/C32H46N2O4.C3H8O.O.Ti/c1-24(2)14-12-10-8-6-4-3-5-7-9-11-13-23-32(31(37)38,29(35)25-15-19-27(33)20-16-25)30(36)26-17-21-28(34)22-18-26;1-3(2)4;;/h15-22,24H,3-14,23,33-34H2,1-2H3,(H,37,38);3-4H,1-2H3;;. The van der Waals surface area contributed by atoms with Gasteiger partial charge in [-0.25, -0.2) is 0 Å². The number of hydrogen-bond donors (Lipinski definition) is 4. The molecule has 0 bridgehead atoms. The summed E-state index contributed by atoms with van der Waals surface area (Å²) in [4.78, 5) is 39.9. The summed E-state index contributed by atoms with van der Waals surface area (Å²) in [6.07, 6.45) is 13.3. The quantitative estimate of drug-likeness (QED) is 0.0393. The molecule has 0 fully saturated rings. The van der Waals surface area contributed by atoms with Gasteiger partial charge in [-0.3, -0.25) is 14.4 Å². The van der Waals surface area contributed by atoms with Gasteiger partial charge in [-0.1, -0.05) is 90.9 Å². The fourth-order valence-electron chi connectivity index (χ4n) is 4.93. The van der Waals surface area contributed by atoms with Gasteiger partial charge in [0.05, 0.1) is 0 Å². The number of rotatable bonds is 19. The van der Waals surface area contributed by atoms with E-state index < -0.39 is 23.0 Å². The topological polar surface area (TPSA) is 161 Å². The molecule has 0 spiro atoms. The van der Waals surface area contributed by atoms with E-state index >= 15 is 0 Å². The molecule has 0 amide bonds. The number of nitrogens with two attached hydrogens (primary N) is 2. The molecule has 244 valence electrons. The van der Waals surface area contributed by atoms with E-state index in [9.17, 15) is 19.5 Å². The predicted octanol–water partition coefficient (Wildman–Crippen LogP) is 7.98. The maximum absolute atomic E-state index is 13.6. The number of unbranched alkanes of at least 4 members (excludes halogenated alkanes) is 10. The summed E-state index contributed by atoms with van der Waals surface area (Å²) in [6, 6.07) is 12.1. The first-order chi connectivity index (χ1) is 20.9. The molecule has 0 atom stereocenters. The van der Waals surface area contributed by atoms with Gasteiger partial charge in [0.2, 0.25) is 0 Å². The van der Waals surface area contributed by atoms with Crippen LogP contribution in [0.3, 0.4) is 0 Å². The van der Waals surface area contributed by atoms with Crippen molar-refractivity contribution >= 4 is 28.9 Å². The first-order valence-corrected chi connectivity index (χ1v) is 16.5. The average molecular weight is 647 g/mol. The third-order valence-corrected chi connectivity index (χ3v) is 7.32. The van der Waals surface area contributed by atoms with Crippen LogP contribution in [-0.4, -0.2) is 33.9 Å². The van der Waals surface area contributed by atoms with Crippen molar-refractivity contribution in [2.45, 2.75) is 117 Å². The van der Waals surface area contributed by atoms with Crippen molar-refractivity contribution in [3.8, 4) is 0 Å². The Morgan fingerprint density at radius 3 is 1.23 bits per heavy atom. The summed E-state index contributed by atoms with van der Waals surface area (Å²) in [7, 11) is 0. The monoisotopic (exact) mass is 646 g/mol. The summed E-state index contributed by atoms with van der Waals surface area (Å²) < 4.78 is 8.25. The van der Waals surface area contributed by atoms with Crippen LogP contribution in [0.15, 0.2) is 48.5 Å². The molecule has 2 aromatic rings. The Kier molecular flexibility index (Phi) is 22.2. The number of hydrogen-bond acceptors (Lipinski definition) is 7. The molecule has 6 N–H and O–H groups in total. The number of aliphatic hydroxyl groups excluding tert-OH is 1. The normalized spacial score (nSPS) is 10.9. The Hall–Kier alpha value is -2.68. The van der Waals surface area contributed by atoms with Gasteiger partial charge in [0.15, 0.2) is 17.0 Å². The van der Waals surface area contributed by atoms with E-state index in [1.807, 2.05) is 0 Å². The second-order valence-corrected chi connectivity index (χ2v) is 12.0. The van der Waals surface area contributed by atoms with E-state index in [2.05, 4.69) is 13.8 Å². The fourth-order valence-corrected chi connectivity index (χ4v) is 4.93. The van der Waals surface area contributed by atoms with Crippen molar-refractivity contribution < 1.29 is 48.3 Å². The van der Waals surface area contributed by atoms with Crippen molar-refractivity contribution in [2.24, 2.45) is 11.3 Å². The third kappa shape index (κ3) is 15.9. The molecule has 0 radical (unpaired) electrons. The van der Waals surface area contributed by atoms with Gasteiger partial charge in [-0.15, -0.1) is 0 Å². The molecular weight excluding hydrogens is 592 g/mol. The Morgan fingerprint density at radius 2 is 0.932 bits per heavy atom. The third-order valence-electron chi connectivity index (χ3n) is 7.32. The van der Waals surface area contributed by atoms with E-state index in [1.165, 1.54) is 69.2 Å². The zero-order valence-corrected chi connectivity index (χ0v) is 28.7. The number of aliphatic carboxylic acids is 1. The molecule has 0 aliphatic heterocycles. The van der Waals surface area contributed by atoms with Crippen LogP contribution in [0.1, 0.15) is 132 Å². The van der Waals surface area contributed by atoms with Crippen LogP contribution in [0.5, 0.6) is 0 Å². The van der Waals surface area contributed by atoms with E-state index in [-0.39, 0.29) is 23.7 Å². The molecule has 0 aliphatic rings. The van der Waals surface area contributed by atoms with Crippen molar-refractivity contribution in [1.29, 1.82) is 0 Å². The van der Waals surface area contributed by atoms with Gasteiger partial charge in [0.1, 0.15) is 0 Å². The molecule has 9 heteroatoms. The van der Waals surface area contributed by atoms with Crippen LogP contribution in [-0.2, 0) is 28.5 Å². The zero-order valence-electron chi connectivity index (χ0n) is 27.1. The van der Waals surface area contributed by atoms with Crippen LogP contribution in [0.2, 0.25) is 0 Å². The summed E-state index contributed by atoms with van der Waals surface area (Å²) in [5, 5.41) is 18.4. The first kappa shape index (κ1) is 41.3. The minimum atomic E-state index is -2.19. The zero-order chi connectivity index (χ0) is 33.5. The number of anilines is 2. The molecular formula is C35H54N2O6Ti. The maximum atomic E-state index is 13.6. The summed E-state index contributed by atoms with van der Waals surface area (Å²) in [5.41, 5.74) is 10.5. The summed E-state index contributed by atoms with van der Waals surface area (Å²) >= 11 is 0.750. The number of ketones is 2. The number of carbonyl (C=O) groups excluding carboxylic acids is 2. The number of Topliss-reactive ketones (excluding diaryl/α,β-unsaturated/α-hetero) is 2. The molecule has 44 heavy (non-hydrogen) atoms. The summed E-state index contributed by atoms with van der Waals surface area (Å²) in [6.45, 7) is 7.99. The van der Waals surface area contributed by atoms with Crippen molar-refractivity contribution in [1.82, 2.24) is 0 Å². The molecule has 2 rings (SSSR count). The van der Waals surface area contributed by atoms with E-state index in [4.69, 9.17) is 19.9 Å². The van der Waals surface area contributed by atoms with Gasteiger partial charge in [-0.2, -0.15) is 0 Å². The average Bonchev–Trinajstić information content (AvgIpc) is 2.98. The molecule has 0 saturated heterocycles. The van der Waals surface area contributed by atoms with Crippen LogP contribution in [0.25, 0.3) is 0 Å². The minimum absolute atomic E-state index is 0.0505. The fraction of sp³-hybridized carbons (Fsp3) is 0.571. The summed E-state index contributed by atoms with van der Waals surface area (Å²) in [5.74, 6) is -2.04. The number of carbonyl (C=O) groups is 3. The Morgan fingerprint density at radius 1 is 0.636 bits per heavy atom. The Labute approximate surface area is 276 Å². The van der Waals surface area contributed by atoms with Gasteiger partial charge >= 0.3 is 29.7 Å². The van der Waals surface area contributed by atoms with Gasteiger partial charge in [0, 0.05) is 28.6 Å².